The topological polar surface area (TPSA) is 24.9 Å². The van der Waals surface area contributed by atoms with Gasteiger partial charge in [-0.05, 0) is 53.7 Å². The van der Waals surface area contributed by atoms with E-state index in [0.717, 1.165) is 24.6 Å². The molecule has 0 spiro atoms. The molecule has 0 radical (unpaired) electrons. The highest BCUT2D eigenvalue weighted by molar-refractivity contribution is 5.48. The molecule has 122 valence electrons. The van der Waals surface area contributed by atoms with Crippen LogP contribution in [0.3, 0.4) is 0 Å². The van der Waals surface area contributed by atoms with Gasteiger partial charge in [-0.25, -0.2) is 0 Å². The Kier molecular flexibility index (Phi) is 3.65. The van der Waals surface area contributed by atoms with Crippen molar-refractivity contribution in [2.45, 2.75) is 65.7 Å². The molecule has 0 saturated carbocycles. The smallest absolute Gasteiger partial charge is 0.142 e. The third-order valence-corrected chi connectivity index (χ3v) is 4.62. The molecular weight excluding hydrogens is 276 g/mol. The summed E-state index contributed by atoms with van der Waals surface area (Å²) in [5, 5.41) is 0. The van der Waals surface area contributed by atoms with E-state index in [1.165, 1.54) is 11.1 Å². The third-order valence-electron chi connectivity index (χ3n) is 4.62. The Balaban J connectivity index is 1.86. The first kappa shape index (κ1) is 15.6. The molecule has 1 aromatic carbocycles. The molecule has 4 nitrogen and oxygen atoms in total. The van der Waals surface area contributed by atoms with Crippen LogP contribution in [0.1, 0.15) is 52.7 Å². The number of hydrogen-bond donors (Lipinski definition) is 0. The summed E-state index contributed by atoms with van der Waals surface area (Å²) in [6, 6.07) is 4.34. The number of benzene rings is 1. The number of rotatable bonds is 0. The summed E-state index contributed by atoms with van der Waals surface area (Å²) in [6.07, 6.45) is 0. The van der Waals surface area contributed by atoms with Crippen LogP contribution in [0, 0.1) is 0 Å². The van der Waals surface area contributed by atoms with Crippen LogP contribution in [0.25, 0.3) is 0 Å². The largest absolute Gasteiger partial charge is 0.478 e. The van der Waals surface area contributed by atoms with Crippen molar-refractivity contribution < 1.29 is 9.47 Å². The molecule has 4 heteroatoms. The van der Waals surface area contributed by atoms with E-state index >= 15 is 0 Å². The van der Waals surface area contributed by atoms with Crippen LogP contribution in [0.15, 0.2) is 12.1 Å². The summed E-state index contributed by atoms with van der Waals surface area (Å²) in [7, 11) is 0. The second-order valence-corrected chi connectivity index (χ2v) is 8.35. The van der Waals surface area contributed by atoms with Gasteiger partial charge in [0.25, 0.3) is 0 Å². The van der Waals surface area contributed by atoms with Gasteiger partial charge in [0, 0.05) is 35.3 Å². The number of ether oxygens (including phenoxy) is 2. The molecule has 0 aliphatic carbocycles. The fourth-order valence-electron chi connectivity index (χ4n) is 2.82. The van der Waals surface area contributed by atoms with Crippen LogP contribution in [0.5, 0.6) is 11.5 Å². The Hall–Kier alpha value is -1.26. The van der Waals surface area contributed by atoms with Gasteiger partial charge in [-0.15, -0.1) is 0 Å². The Labute approximate surface area is 134 Å². The molecule has 0 unspecified atom stereocenters. The molecule has 2 aliphatic heterocycles. The molecule has 2 heterocycles. The van der Waals surface area contributed by atoms with Crippen molar-refractivity contribution in [3.8, 4) is 11.5 Å². The van der Waals surface area contributed by atoms with E-state index in [4.69, 9.17) is 9.47 Å². The lowest BCUT2D eigenvalue weighted by atomic mass is 10.00. The summed E-state index contributed by atoms with van der Waals surface area (Å²) in [5.74, 6) is 2.03. The van der Waals surface area contributed by atoms with Gasteiger partial charge in [0.2, 0.25) is 0 Å². The Morgan fingerprint density at radius 2 is 1.09 bits per heavy atom. The lowest BCUT2D eigenvalue weighted by molar-refractivity contribution is 0.0141. The molecule has 0 atom stereocenters. The zero-order chi connectivity index (χ0) is 16.1. The van der Waals surface area contributed by atoms with Crippen molar-refractivity contribution in [2.24, 2.45) is 0 Å². The van der Waals surface area contributed by atoms with Crippen molar-refractivity contribution >= 4 is 0 Å². The molecule has 0 bridgehead atoms. The van der Waals surface area contributed by atoms with Crippen LogP contribution >= 0.6 is 0 Å². The average molecular weight is 304 g/mol. The van der Waals surface area contributed by atoms with Gasteiger partial charge >= 0.3 is 0 Å². The zero-order valence-corrected chi connectivity index (χ0v) is 14.7. The quantitative estimate of drug-likeness (QED) is 0.731. The maximum Gasteiger partial charge on any atom is 0.142 e. The first-order valence-electron chi connectivity index (χ1n) is 8.06. The lowest BCUT2D eigenvalue weighted by Gasteiger charge is -2.41. The highest BCUT2D eigenvalue weighted by atomic mass is 16.5. The standard InChI is InChI=1S/C18H28N2O2/c1-17(2,3)19-9-13-7-16-14(8-15(13)21-11-19)10-20(12-22-16)18(4,5)6/h7-8H,9-12H2,1-6H3. The first-order chi connectivity index (χ1) is 10.1. The van der Waals surface area contributed by atoms with Gasteiger partial charge in [0.1, 0.15) is 25.0 Å². The fraction of sp³-hybridized carbons (Fsp3) is 0.667. The molecule has 22 heavy (non-hydrogen) atoms. The van der Waals surface area contributed by atoms with Crippen LogP contribution in [0.2, 0.25) is 0 Å². The maximum atomic E-state index is 6.00. The number of hydrogen-bond acceptors (Lipinski definition) is 4. The van der Waals surface area contributed by atoms with E-state index in [9.17, 15) is 0 Å². The number of nitrogens with zero attached hydrogens (tertiary/aromatic N) is 2. The average Bonchev–Trinajstić information content (AvgIpc) is 2.41. The molecule has 3 rings (SSSR count). The molecular formula is C18H28N2O2. The minimum atomic E-state index is 0.109. The molecule has 1 aromatic rings. The molecule has 0 aromatic heterocycles. The van der Waals surface area contributed by atoms with E-state index < -0.39 is 0 Å². The second kappa shape index (κ2) is 5.14. The van der Waals surface area contributed by atoms with Crippen molar-refractivity contribution in [2.75, 3.05) is 13.5 Å². The monoisotopic (exact) mass is 304 g/mol. The second-order valence-electron chi connectivity index (χ2n) is 8.35. The van der Waals surface area contributed by atoms with Crippen molar-refractivity contribution in [1.82, 2.24) is 9.80 Å². The van der Waals surface area contributed by atoms with E-state index in [2.05, 4.69) is 63.5 Å². The van der Waals surface area contributed by atoms with Gasteiger partial charge in [0.15, 0.2) is 0 Å². The molecule has 0 saturated heterocycles. The van der Waals surface area contributed by atoms with Crippen molar-refractivity contribution in [3.63, 3.8) is 0 Å². The van der Waals surface area contributed by atoms with Gasteiger partial charge in [-0.3, -0.25) is 9.80 Å². The zero-order valence-electron chi connectivity index (χ0n) is 14.7. The van der Waals surface area contributed by atoms with E-state index in [1.807, 2.05) is 0 Å². The predicted octanol–water partition coefficient (Wildman–Crippen LogP) is 3.59. The highest BCUT2D eigenvalue weighted by Crippen LogP contribution is 2.37. The first-order valence-corrected chi connectivity index (χ1v) is 8.06. The lowest BCUT2D eigenvalue weighted by Crippen LogP contribution is -2.46. The summed E-state index contributed by atoms with van der Waals surface area (Å²) >= 11 is 0. The Morgan fingerprint density at radius 1 is 0.727 bits per heavy atom. The predicted molar refractivity (Wildman–Crippen MR) is 88.0 cm³/mol. The van der Waals surface area contributed by atoms with E-state index in [-0.39, 0.29) is 11.1 Å². The van der Waals surface area contributed by atoms with Crippen LogP contribution in [-0.4, -0.2) is 34.3 Å². The SMILES string of the molecule is CC(C)(C)N1COc2cc3c(cc2C1)OCN(C(C)(C)C)C3. The molecule has 0 fully saturated rings. The fourth-order valence-corrected chi connectivity index (χ4v) is 2.82. The third kappa shape index (κ3) is 2.95. The van der Waals surface area contributed by atoms with Crippen molar-refractivity contribution in [1.29, 1.82) is 0 Å². The summed E-state index contributed by atoms with van der Waals surface area (Å²) in [6.45, 7) is 16.5. The maximum absolute atomic E-state index is 6.00. The highest BCUT2D eigenvalue weighted by Gasteiger charge is 2.31. The normalized spacial score (nSPS) is 19.9. The van der Waals surface area contributed by atoms with Crippen LogP contribution < -0.4 is 9.47 Å². The Bertz CT molecular complexity index is 518. The molecule has 0 N–H and O–H groups in total. The van der Waals surface area contributed by atoms with Gasteiger partial charge in [-0.2, -0.15) is 0 Å². The van der Waals surface area contributed by atoms with Crippen LogP contribution in [-0.2, 0) is 13.1 Å². The van der Waals surface area contributed by atoms with Crippen molar-refractivity contribution in [3.05, 3.63) is 23.3 Å². The summed E-state index contributed by atoms with van der Waals surface area (Å²) < 4.78 is 12.0. The summed E-state index contributed by atoms with van der Waals surface area (Å²) in [5.41, 5.74) is 2.67. The summed E-state index contributed by atoms with van der Waals surface area (Å²) in [4.78, 5) is 4.68. The van der Waals surface area contributed by atoms with Gasteiger partial charge in [0.05, 0.1) is 0 Å². The van der Waals surface area contributed by atoms with Gasteiger partial charge < -0.3 is 9.47 Å². The van der Waals surface area contributed by atoms with Gasteiger partial charge in [-0.1, -0.05) is 0 Å². The minimum absolute atomic E-state index is 0.109. The van der Waals surface area contributed by atoms with Crippen LogP contribution in [0.4, 0.5) is 0 Å². The van der Waals surface area contributed by atoms with E-state index in [0.29, 0.717) is 13.5 Å². The Morgan fingerprint density at radius 3 is 1.41 bits per heavy atom. The molecule has 0 amide bonds. The number of fused-ring (bicyclic) bond motifs is 2. The van der Waals surface area contributed by atoms with E-state index in [1.54, 1.807) is 0 Å². The minimum Gasteiger partial charge on any atom is -0.478 e. The molecule has 2 aliphatic rings.